The third-order valence-corrected chi connectivity index (χ3v) is 0.889. The van der Waals surface area contributed by atoms with Gasteiger partial charge in [-0.1, -0.05) is 6.08 Å². The van der Waals surface area contributed by atoms with Gasteiger partial charge in [0.05, 0.1) is 12.9 Å². The van der Waals surface area contributed by atoms with E-state index in [0.29, 0.717) is 0 Å². The number of ether oxygens (including phenoxy) is 1. The highest BCUT2D eigenvalue weighted by Gasteiger charge is 1.85. The van der Waals surface area contributed by atoms with Crippen molar-refractivity contribution in [2.75, 3.05) is 27.2 Å². The van der Waals surface area contributed by atoms with Gasteiger partial charge in [0.2, 0.25) is 0 Å². The lowest BCUT2D eigenvalue weighted by Gasteiger charge is -2.07. The van der Waals surface area contributed by atoms with Crippen molar-refractivity contribution in [1.82, 2.24) is 4.90 Å². The summed E-state index contributed by atoms with van der Waals surface area (Å²) in [4.78, 5) is 2.09. The number of allylic oxidation sites excluding steroid dienone is 1. The Hall–Kier alpha value is -0.500. The Morgan fingerprint density at radius 3 is 2.56 bits per heavy atom. The van der Waals surface area contributed by atoms with Gasteiger partial charge in [0.25, 0.3) is 0 Å². The Labute approximate surface area is 57.1 Å². The van der Waals surface area contributed by atoms with E-state index in [1.165, 1.54) is 0 Å². The van der Waals surface area contributed by atoms with Gasteiger partial charge in [-0.2, -0.15) is 0 Å². The third kappa shape index (κ3) is 7.50. The van der Waals surface area contributed by atoms with Crippen molar-refractivity contribution in [2.45, 2.75) is 6.92 Å². The Bertz CT molecular complexity index is 79.0. The largest absolute Gasteiger partial charge is 0.500 e. The summed E-state index contributed by atoms with van der Waals surface area (Å²) in [5.41, 5.74) is 0. The van der Waals surface area contributed by atoms with Crippen LogP contribution in [0, 0.1) is 0 Å². The topological polar surface area (TPSA) is 12.5 Å². The summed E-state index contributed by atoms with van der Waals surface area (Å²) >= 11 is 0. The molecule has 2 heteroatoms. The minimum absolute atomic E-state index is 0.775. The Morgan fingerprint density at radius 2 is 2.11 bits per heavy atom. The van der Waals surface area contributed by atoms with Gasteiger partial charge in [-0.25, -0.2) is 0 Å². The fourth-order valence-electron chi connectivity index (χ4n) is 0.400. The van der Waals surface area contributed by atoms with Crippen molar-refractivity contribution in [3.8, 4) is 0 Å². The molecule has 0 aliphatic heterocycles. The lowest BCUT2D eigenvalue weighted by atomic mass is 10.6. The molecule has 2 nitrogen and oxygen atoms in total. The molecule has 9 heavy (non-hydrogen) atoms. The molecule has 0 N–H and O–H groups in total. The first-order chi connectivity index (χ1) is 4.27. The molecule has 0 radical (unpaired) electrons. The molecule has 0 amide bonds. The average molecular weight is 129 g/mol. The van der Waals surface area contributed by atoms with E-state index < -0.39 is 0 Å². The maximum atomic E-state index is 5.07. The van der Waals surface area contributed by atoms with Gasteiger partial charge in [-0.05, 0) is 21.0 Å². The van der Waals surface area contributed by atoms with Crippen molar-refractivity contribution >= 4 is 0 Å². The molecule has 0 heterocycles. The molecule has 0 atom stereocenters. The summed E-state index contributed by atoms with van der Waals surface area (Å²) in [5, 5.41) is 0. The summed E-state index contributed by atoms with van der Waals surface area (Å²) in [6.07, 6.45) is 3.60. The van der Waals surface area contributed by atoms with Crippen molar-refractivity contribution < 1.29 is 4.74 Å². The van der Waals surface area contributed by atoms with Crippen LogP contribution in [-0.4, -0.2) is 32.1 Å². The number of likely N-dealkylation sites (N-methyl/N-ethyl adjacent to an activating group) is 1. The Kier molecular flexibility index (Phi) is 5.32. The number of nitrogens with zero attached hydrogens (tertiary/aromatic N) is 1. The van der Waals surface area contributed by atoms with E-state index in [2.05, 4.69) is 4.90 Å². The molecule has 0 aliphatic rings. The summed E-state index contributed by atoms with van der Waals surface area (Å²) in [5.74, 6) is 0. The molecule has 0 saturated heterocycles. The van der Waals surface area contributed by atoms with Crippen LogP contribution in [0.4, 0.5) is 0 Å². The minimum Gasteiger partial charge on any atom is -0.500 e. The number of rotatable bonds is 4. The van der Waals surface area contributed by atoms with E-state index >= 15 is 0 Å². The molecular formula is C7H15NO. The summed E-state index contributed by atoms with van der Waals surface area (Å²) < 4.78 is 5.07. The quantitative estimate of drug-likeness (QED) is 0.416. The SMILES string of the molecule is C/C=C/OCCN(C)C. The van der Waals surface area contributed by atoms with Gasteiger partial charge in [-0.3, -0.25) is 0 Å². The molecule has 0 unspecified atom stereocenters. The molecule has 0 fully saturated rings. The van der Waals surface area contributed by atoms with E-state index in [9.17, 15) is 0 Å². The van der Waals surface area contributed by atoms with Crippen LogP contribution in [-0.2, 0) is 4.74 Å². The zero-order chi connectivity index (χ0) is 7.11. The predicted octanol–water partition coefficient (Wildman–Crippen LogP) is 1.10. The zero-order valence-electron chi connectivity index (χ0n) is 6.42. The first-order valence-corrected chi connectivity index (χ1v) is 3.15. The Balaban J connectivity index is 2.91. The molecule has 0 bridgehead atoms. The van der Waals surface area contributed by atoms with Crippen LogP contribution in [0.5, 0.6) is 0 Å². The predicted molar refractivity (Wildman–Crippen MR) is 39.3 cm³/mol. The smallest absolute Gasteiger partial charge is 0.0999 e. The third-order valence-electron chi connectivity index (χ3n) is 0.889. The lowest BCUT2D eigenvalue weighted by molar-refractivity contribution is 0.212. The van der Waals surface area contributed by atoms with Crippen LogP contribution < -0.4 is 0 Å². The van der Waals surface area contributed by atoms with Crippen LogP contribution in [0.15, 0.2) is 12.3 Å². The maximum absolute atomic E-state index is 5.07. The highest BCUT2D eigenvalue weighted by molar-refractivity contribution is 4.65. The van der Waals surface area contributed by atoms with Gasteiger partial charge in [-0.15, -0.1) is 0 Å². The van der Waals surface area contributed by atoms with Crippen molar-refractivity contribution in [3.05, 3.63) is 12.3 Å². The first kappa shape index (κ1) is 8.50. The molecule has 0 aromatic heterocycles. The van der Waals surface area contributed by atoms with Gasteiger partial charge in [0, 0.05) is 6.54 Å². The van der Waals surface area contributed by atoms with Crippen LogP contribution in [0.2, 0.25) is 0 Å². The van der Waals surface area contributed by atoms with Gasteiger partial charge >= 0.3 is 0 Å². The monoisotopic (exact) mass is 129 g/mol. The maximum Gasteiger partial charge on any atom is 0.0999 e. The standard InChI is InChI=1S/C7H15NO/c1-4-6-9-7-5-8(2)3/h4,6H,5,7H2,1-3H3/b6-4+. The second-order valence-electron chi connectivity index (χ2n) is 2.14. The van der Waals surface area contributed by atoms with Crippen molar-refractivity contribution in [1.29, 1.82) is 0 Å². The fourth-order valence-corrected chi connectivity index (χ4v) is 0.400. The Morgan fingerprint density at radius 1 is 1.44 bits per heavy atom. The molecular weight excluding hydrogens is 114 g/mol. The number of hydrogen-bond donors (Lipinski definition) is 0. The van der Waals surface area contributed by atoms with Crippen molar-refractivity contribution in [3.63, 3.8) is 0 Å². The van der Waals surface area contributed by atoms with E-state index in [4.69, 9.17) is 4.74 Å². The van der Waals surface area contributed by atoms with E-state index in [-0.39, 0.29) is 0 Å². The van der Waals surface area contributed by atoms with Crippen molar-refractivity contribution in [2.24, 2.45) is 0 Å². The molecule has 0 aromatic rings. The normalized spacial score (nSPS) is 11.1. The van der Waals surface area contributed by atoms with E-state index in [0.717, 1.165) is 13.2 Å². The first-order valence-electron chi connectivity index (χ1n) is 3.15. The molecule has 0 spiro atoms. The van der Waals surface area contributed by atoms with Crippen LogP contribution >= 0.6 is 0 Å². The van der Waals surface area contributed by atoms with E-state index in [1.807, 2.05) is 27.1 Å². The summed E-state index contributed by atoms with van der Waals surface area (Å²) in [6.45, 7) is 3.69. The molecule has 0 rings (SSSR count). The molecule has 0 aromatic carbocycles. The zero-order valence-corrected chi connectivity index (χ0v) is 6.42. The van der Waals surface area contributed by atoms with Crippen LogP contribution in [0.25, 0.3) is 0 Å². The molecule has 54 valence electrons. The number of hydrogen-bond acceptors (Lipinski definition) is 2. The van der Waals surface area contributed by atoms with Crippen LogP contribution in [0.3, 0.4) is 0 Å². The summed E-state index contributed by atoms with van der Waals surface area (Å²) in [6, 6.07) is 0. The fraction of sp³-hybridized carbons (Fsp3) is 0.714. The second-order valence-corrected chi connectivity index (χ2v) is 2.14. The highest BCUT2D eigenvalue weighted by Crippen LogP contribution is 1.78. The highest BCUT2D eigenvalue weighted by atomic mass is 16.5. The second kappa shape index (κ2) is 5.63. The van der Waals surface area contributed by atoms with Gasteiger partial charge < -0.3 is 9.64 Å². The molecule has 0 saturated carbocycles. The average Bonchev–Trinajstić information content (AvgIpc) is 1.80. The summed E-state index contributed by atoms with van der Waals surface area (Å²) in [7, 11) is 4.05. The van der Waals surface area contributed by atoms with Gasteiger partial charge in [0.15, 0.2) is 0 Å². The van der Waals surface area contributed by atoms with E-state index in [1.54, 1.807) is 6.26 Å². The minimum atomic E-state index is 0.775. The molecule has 0 aliphatic carbocycles. The van der Waals surface area contributed by atoms with Gasteiger partial charge in [0.1, 0.15) is 0 Å². The van der Waals surface area contributed by atoms with Crippen LogP contribution in [0.1, 0.15) is 6.92 Å². The lowest BCUT2D eigenvalue weighted by Crippen LogP contribution is -2.16.